The summed E-state index contributed by atoms with van der Waals surface area (Å²) in [5.74, 6) is 0. The molecule has 254 valence electrons. The number of ether oxygens (including phenoxy) is 2. The lowest BCUT2D eigenvalue weighted by molar-refractivity contribution is -0.000568. The van der Waals surface area contributed by atoms with E-state index in [1.54, 1.807) is 0 Å². The minimum Gasteiger partial charge on any atom is -0.396 e. The van der Waals surface area contributed by atoms with Gasteiger partial charge in [0.2, 0.25) is 0 Å². The first kappa shape index (κ1) is 41.8. The standard InChI is InChI=1S/C38H79NO3/c1-3-5-7-9-11-13-15-17-19-21-23-25-27-29-35-41-37-32-38(39-33-31-34-40)42-36-30-28-26-24-22-20-18-16-14-12-10-8-6-4-2/h38-40H,3-37H2,1-2H3. The lowest BCUT2D eigenvalue weighted by Gasteiger charge is -2.19. The van der Waals surface area contributed by atoms with E-state index >= 15 is 0 Å². The van der Waals surface area contributed by atoms with Crippen molar-refractivity contribution in [1.29, 1.82) is 0 Å². The molecule has 0 saturated heterocycles. The third-order valence-corrected chi connectivity index (χ3v) is 8.69. The molecule has 0 rings (SSSR count). The van der Waals surface area contributed by atoms with Crippen molar-refractivity contribution in [2.45, 2.75) is 213 Å². The molecule has 0 heterocycles. The molecule has 2 N–H and O–H groups in total. The van der Waals surface area contributed by atoms with E-state index in [9.17, 15) is 0 Å². The molecule has 0 fully saturated rings. The Balaban J connectivity index is 3.52. The Morgan fingerprint density at radius 2 is 0.786 bits per heavy atom. The number of hydrogen-bond donors (Lipinski definition) is 2. The fourth-order valence-corrected chi connectivity index (χ4v) is 5.80. The van der Waals surface area contributed by atoms with Crippen LogP contribution >= 0.6 is 0 Å². The van der Waals surface area contributed by atoms with E-state index in [-0.39, 0.29) is 12.8 Å². The van der Waals surface area contributed by atoms with E-state index < -0.39 is 0 Å². The number of aliphatic hydroxyl groups is 1. The SMILES string of the molecule is CCCCCCCCCCCCCCCCOCCC(NCCCO)OCCCCCCCCCCCCCCCC. The number of aliphatic hydroxyl groups excluding tert-OH is 1. The minimum absolute atomic E-state index is 0.0508. The summed E-state index contributed by atoms with van der Waals surface area (Å²) in [6.07, 6.45) is 40.6. The minimum atomic E-state index is 0.0508. The molecule has 4 heteroatoms. The predicted molar refractivity (Wildman–Crippen MR) is 186 cm³/mol. The highest BCUT2D eigenvalue weighted by Gasteiger charge is 2.08. The van der Waals surface area contributed by atoms with Gasteiger partial charge in [-0.15, -0.1) is 0 Å². The van der Waals surface area contributed by atoms with E-state index in [0.29, 0.717) is 0 Å². The molecular formula is C38H79NO3. The highest BCUT2D eigenvalue weighted by atomic mass is 16.5. The van der Waals surface area contributed by atoms with Gasteiger partial charge in [-0.1, -0.05) is 181 Å². The highest BCUT2D eigenvalue weighted by molar-refractivity contribution is 4.58. The van der Waals surface area contributed by atoms with Crippen LogP contribution in [0.3, 0.4) is 0 Å². The smallest absolute Gasteiger partial charge is 0.110 e. The summed E-state index contributed by atoms with van der Waals surface area (Å²) in [6.45, 7) is 8.08. The van der Waals surface area contributed by atoms with Gasteiger partial charge in [0.15, 0.2) is 0 Å². The first-order valence-corrected chi connectivity index (χ1v) is 19.4. The van der Waals surface area contributed by atoms with Crippen LogP contribution < -0.4 is 5.32 Å². The Kier molecular flexibility index (Phi) is 38.7. The van der Waals surface area contributed by atoms with Crippen molar-refractivity contribution in [3.63, 3.8) is 0 Å². The summed E-state index contributed by atoms with van der Waals surface area (Å²) < 4.78 is 12.1. The summed E-state index contributed by atoms with van der Waals surface area (Å²) in [7, 11) is 0. The summed E-state index contributed by atoms with van der Waals surface area (Å²) >= 11 is 0. The highest BCUT2D eigenvalue weighted by Crippen LogP contribution is 2.14. The van der Waals surface area contributed by atoms with Crippen LogP contribution in [-0.2, 0) is 9.47 Å². The van der Waals surface area contributed by atoms with Crippen molar-refractivity contribution in [1.82, 2.24) is 5.32 Å². The van der Waals surface area contributed by atoms with E-state index in [1.165, 1.54) is 173 Å². The summed E-state index contributed by atoms with van der Waals surface area (Å²) in [5, 5.41) is 12.6. The van der Waals surface area contributed by atoms with Crippen molar-refractivity contribution in [2.75, 3.05) is 33.0 Å². The maximum absolute atomic E-state index is 9.12. The van der Waals surface area contributed by atoms with Crippen LogP contribution in [0.15, 0.2) is 0 Å². The summed E-state index contributed by atoms with van der Waals surface area (Å²) in [6, 6.07) is 0. The second-order valence-electron chi connectivity index (χ2n) is 13.0. The van der Waals surface area contributed by atoms with Gasteiger partial charge >= 0.3 is 0 Å². The van der Waals surface area contributed by atoms with E-state index in [4.69, 9.17) is 14.6 Å². The predicted octanol–water partition coefficient (Wildman–Crippen LogP) is 11.7. The summed E-state index contributed by atoms with van der Waals surface area (Å²) in [5.41, 5.74) is 0. The molecule has 4 nitrogen and oxygen atoms in total. The fraction of sp³-hybridized carbons (Fsp3) is 1.00. The second kappa shape index (κ2) is 38.9. The van der Waals surface area contributed by atoms with Gasteiger partial charge in [0, 0.05) is 26.2 Å². The molecule has 0 aromatic rings. The van der Waals surface area contributed by atoms with Crippen LogP contribution in [0.1, 0.15) is 206 Å². The Morgan fingerprint density at radius 1 is 0.429 bits per heavy atom. The maximum atomic E-state index is 9.12. The van der Waals surface area contributed by atoms with Gasteiger partial charge in [-0.05, 0) is 25.8 Å². The van der Waals surface area contributed by atoms with Gasteiger partial charge in [0.25, 0.3) is 0 Å². The normalized spacial score (nSPS) is 12.4. The lowest BCUT2D eigenvalue weighted by atomic mass is 10.0. The third-order valence-electron chi connectivity index (χ3n) is 8.69. The zero-order valence-corrected chi connectivity index (χ0v) is 29.1. The molecule has 1 atom stereocenters. The molecule has 0 aliphatic carbocycles. The van der Waals surface area contributed by atoms with Crippen LogP contribution in [0, 0.1) is 0 Å². The molecule has 0 saturated carbocycles. The molecule has 0 aliphatic heterocycles. The topological polar surface area (TPSA) is 50.7 Å². The van der Waals surface area contributed by atoms with E-state index in [2.05, 4.69) is 19.2 Å². The molecule has 42 heavy (non-hydrogen) atoms. The van der Waals surface area contributed by atoms with Crippen LogP contribution in [0.4, 0.5) is 0 Å². The van der Waals surface area contributed by atoms with Gasteiger partial charge < -0.3 is 14.6 Å². The van der Waals surface area contributed by atoms with Crippen molar-refractivity contribution >= 4 is 0 Å². The zero-order chi connectivity index (χ0) is 30.4. The van der Waals surface area contributed by atoms with Crippen LogP contribution in [0.25, 0.3) is 0 Å². The van der Waals surface area contributed by atoms with E-state index in [0.717, 1.165) is 45.6 Å². The maximum Gasteiger partial charge on any atom is 0.110 e. The zero-order valence-electron chi connectivity index (χ0n) is 29.1. The number of hydrogen-bond acceptors (Lipinski definition) is 4. The van der Waals surface area contributed by atoms with Crippen molar-refractivity contribution in [3.8, 4) is 0 Å². The lowest BCUT2D eigenvalue weighted by Crippen LogP contribution is -2.34. The molecular weight excluding hydrogens is 518 g/mol. The number of nitrogens with one attached hydrogen (secondary N) is 1. The summed E-state index contributed by atoms with van der Waals surface area (Å²) in [4.78, 5) is 0. The molecule has 0 spiro atoms. The Bertz CT molecular complexity index is 462. The van der Waals surface area contributed by atoms with Crippen molar-refractivity contribution in [3.05, 3.63) is 0 Å². The molecule has 0 aromatic carbocycles. The second-order valence-corrected chi connectivity index (χ2v) is 13.0. The first-order valence-electron chi connectivity index (χ1n) is 19.4. The van der Waals surface area contributed by atoms with Gasteiger partial charge in [-0.2, -0.15) is 0 Å². The Labute approximate surface area is 265 Å². The fourth-order valence-electron chi connectivity index (χ4n) is 5.80. The van der Waals surface area contributed by atoms with Crippen LogP contribution in [0.5, 0.6) is 0 Å². The number of unbranched alkanes of at least 4 members (excludes halogenated alkanes) is 26. The number of rotatable bonds is 38. The molecule has 0 aliphatic rings. The molecule has 0 bridgehead atoms. The van der Waals surface area contributed by atoms with Gasteiger partial charge in [0.05, 0.1) is 6.61 Å². The monoisotopic (exact) mass is 598 g/mol. The van der Waals surface area contributed by atoms with Gasteiger partial charge in [0.1, 0.15) is 6.23 Å². The van der Waals surface area contributed by atoms with Gasteiger partial charge in [-0.3, -0.25) is 5.32 Å². The van der Waals surface area contributed by atoms with Gasteiger partial charge in [-0.25, -0.2) is 0 Å². The van der Waals surface area contributed by atoms with Crippen LogP contribution in [-0.4, -0.2) is 44.3 Å². The van der Waals surface area contributed by atoms with Crippen molar-refractivity contribution in [2.24, 2.45) is 0 Å². The average Bonchev–Trinajstić information content (AvgIpc) is 3.00. The largest absolute Gasteiger partial charge is 0.396 e. The Hall–Kier alpha value is -0.160. The Morgan fingerprint density at radius 3 is 1.17 bits per heavy atom. The molecule has 1 unspecified atom stereocenters. The molecule has 0 aromatic heterocycles. The first-order chi connectivity index (χ1) is 20.8. The molecule has 0 radical (unpaired) electrons. The average molecular weight is 598 g/mol. The van der Waals surface area contributed by atoms with Crippen LogP contribution in [0.2, 0.25) is 0 Å². The third kappa shape index (κ3) is 36.0. The van der Waals surface area contributed by atoms with E-state index in [1.807, 2.05) is 0 Å². The quantitative estimate of drug-likeness (QED) is 0.0549. The van der Waals surface area contributed by atoms with Crippen molar-refractivity contribution < 1.29 is 14.6 Å². The molecule has 0 amide bonds.